The summed E-state index contributed by atoms with van der Waals surface area (Å²) in [4.78, 5) is 12.7. The SMILES string of the molecule is COC(=O)c1c(C)n(S(=O)(=O)c2ccccc2)c2ccc(NS(=O)(=O)c3ccccc3)cc12. The fraction of sp³-hybridized carbons (Fsp3) is 0.0870. The molecule has 0 saturated heterocycles. The highest BCUT2D eigenvalue weighted by atomic mass is 32.2. The maximum absolute atomic E-state index is 13.4. The van der Waals surface area contributed by atoms with Crippen LogP contribution >= 0.6 is 0 Å². The minimum absolute atomic E-state index is 0.0350. The van der Waals surface area contributed by atoms with E-state index in [1.807, 2.05) is 0 Å². The zero-order valence-corrected chi connectivity index (χ0v) is 19.4. The van der Waals surface area contributed by atoms with E-state index in [4.69, 9.17) is 4.74 Å². The van der Waals surface area contributed by atoms with Gasteiger partial charge in [0, 0.05) is 16.8 Å². The molecule has 170 valence electrons. The van der Waals surface area contributed by atoms with E-state index in [0.717, 1.165) is 3.97 Å². The molecule has 1 aromatic heterocycles. The lowest BCUT2D eigenvalue weighted by Crippen LogP contribution is -2.15. The van der Waals surface area contributed by atoms with Crippen LogP contribution in [0.4, 0.5) is 5.69 Å². The summed E-state index contributed by atoms with van der Waals surface area (Å²) in [5, 5.41) is 0.243. The largest absolute Gasteiger partial charge is 0.465 e. The molecule has 0 unspecified atom stereocenters. The maximum Gasteiger partial charge on any atom is 0.340 e. The monoisotopic (exact) mass is 484 g/mol. The predicted octanol–water partition coefficient (Wildman–Crippen LogP) is 3.77. The van der Waals surface area contributed by atoms with Gasteiger partial charge in [0.1, 0.15) is 0 Å². The van der Waals surface area contributed by atoms with Crippen molar-refractivity contribution in [1.82, 2.24) is 3.97 Å². The summed E-state index contributed by atoms with van der Waals surface area (Å²) < 4.78 is 60.7. The van der Waals surface area contributed by atoms with Crippen molar-refractivity contribution in [3.63, 3.8) is 0 Å². The number of aromatic nitrogens is 1. The van der Waals surface area contributed by atoms with Crippen LogP contribution in [0.3, 0.4) is 0 Å². The van der Waals surface area contributed by atoms with Crippen LogP contribution in [0, 0.1) is 6.92 Å². The first-order valence-corrected chi connectivity index (χ1v) is 12.7. The molecule has 1 N–H and O–H groups in total. The molecule has 0 aliphatic carbocycles. The third-order valence-electron chi connectivity index (χ3n) is 5.13. The first kappa shape index (κ1) is 22.6. The van der Waals surface area contributed by atoms with Gasteiger partial charge in [-0.25, -0.2) is 25.6 Å². The Labute approximate surface area is 191 Å². The van der Waals surface area contributed by atoms with Gasteiger partial charge in [-0.1, -0.05) is 36.4 Å². The smallest absolute Gasteiger partial charge is 0.340 e. The highest BCUT2D eigenvalue weighted by Crippen LogP contribution is 2.33. The average Bonchev–Trinajstić information content (AvgIpc) is 3.11. The molecule has 1 heterocycles. The summed E-state index contributed by atoms with van der Waals surface area (Å²) in [6, 6.07) is 20.0. The third-order valence-corrected chi connectivity index (χ3v) is 8.34. The molecule has 4 aromatic rings. The Kier molecular flexibility index (Phi) is 5.73. The van der Waals surface area contributed by atoms with Gasteiger partial charge >= 0.3 is 5.97 Å². The second kappa shape index (κ2) is 8.38. The van der Waals surface area contributed by atoms with E-state index in [9.17, 15) is 21.6 Å². The van der Waals surface area contributed by atoms with Gasteiger partial charge in [-0.15, -0.1) is 0 Å². The van der Waals surface area contributed by atoms with E-state index >= 15 is 0 Å². The molecule has 0 aliphatic rings. The van der Waals surface area contributed by atoms with Crippen molar-refractivity contribution < 1.29 is 26.4 Å². The molecule has 0 amide bonds. The van der Waals surface area contributed by atoms with Gasteiger partial charge in [0.25, 0.3) is 20.0 Å². The molecule has 10 heteroatoms. The number of methoxy groups -OCH3 is 1. The van der Waals surface area contributed by atoms with Crippen LogP contribution in [-0.2, 0) is 24.8 Å². The molecule has 0 aliphatic heterocycles. The fourth-order valence-corrected chi connectivity index (χ4v) is 6.29. The summed E-state index contributed by atoms with van der Waals surface area (Å²) >= 11 is 0. The second-order valence-electron chi connectivity index (χ2n) is 7.18. The number of esters is 1. The van der Waals surface area contributed by atoms with Gasteiger partial charge < -0.3 is 4.74 Å². The number of nitrogens with zero attached hydrogens (tertiary/aromatic N) is 1. The van der Waals surface area contributed by atoms with Gasteiger partial charge in [0.2, 0.25) is 0 Å². The Morgan fingerprint density at radius 1 is 0.848 bits per heavy atom. The lowest BCUT2D eigenvalue weighted by Gasteiger charge is -2.11. The average molecular weight is 485 g/mol. The molecule has 0 spiro atoms. The van der Waals surface area contributed by atoms with E-state index < -0.39 is 26.0 Å². The van der Waals surface area contributed by atoms with Gasteiger partial charge in [-0.05, 0) is 49.4 Å². The topological polar surface area (TPSA) is 112 Å². The van der Waals surface area contributed by atoms with Crippen molar-refractivity contribution in [2.45, 2.75) is 16.7 Å². The van der Waals surface area contributed by atoms with Crippen LogP contribution in [0.15, 0.2) is 88.7 Å². The number of nitrogens with one attached hydrogen (secondary N) is 1. The molecule has 4 rings (SSSR count). The van der Waals surface area contributed by atoms with E-state index in [0.29, 0.717) is 0 Å². The third kappa shape index (κ3) is 3.98. The quantitative estimate of drug-likeness (QED) is 0.417. The van der Waals surface area contributed by atoms with Gasteiger partial charge in [-0.2, -0.15) is 0 Å². The van der Waals surface area contributed by atoms with Crippen LogP contribution in [0.2, 0.25) is 0 Å². The zero-order chi connectivity index (χ0) is 23.8. The number of fused-ring (bicyclic) bond motifs is 1. The van der Waals surface area contributed by atoms with Crippen LogP contribution in [0.5, 0.6) is 0 Å². The number of benzene rings is 3. The predicted molar refractivity (Wildman–Crippen MR) is 124 cm³/mol. The Balaban J connectivity index is 1.91. The number of carbonyl (C=O) groups is 1. The number of anilines is 1. The number of hydrogen-bond acceptors (Lipinski definition) is 6. The summed E-state index contributed by atoms with van der Waals surface area (Å²) in [5.41, 5.74) is 0.585. The van der Waals surface area contributed by atoms with E-state index in [1.54, 1.807) is 36.4 Å². The number of hydrogen-bond donors (Lipinski definition) is 1. The fourth-order valence-electron chi connectivity index (χ4n) is 3.64. The van der Waals surface area contributed by atoms with Crippen molar-refractivity contribution in [3.05, 3.63) is 90.1 Å². The van der Waals surface area contributed by atoms with Gasteiger partial charge in [0.05, 0.1) is 28.0 Å². The second-order valence-corrected chi connectivity index (χ2v) is 10.7. The standard InChI is InChI=1S/C23H20N2O6S2/c1-16-22(23(26)31-2)20-15-17(24-32(27,28)18-9-5-3-6-10-18)13-14-21(20)25(16)33(29,30)19-11-7-4-8-12-19/h3-15,24H,1-2H3. The minimum atomic E-state index is -4.04. The van der Waals surface area contributed by atoms with Crippen LogP contribution in [-0.4, -0.2) is 33.9 Å². The molecule has 0 atom stereocenters. The van der Waals surface area contributed by atoms with E-state index in [2.05, 4.69) is 4.72 Å². The summed E-state index contributed by atoms with van der Waals surface area (Å²) in [7, 11) is -6.73. The molecule has 0 radical (unpaired) electrons. The summed E-state index contributed by atoms with van der Waals surface area (Å²) in [5.74, 6) is -0.734. The highest BCUT2D eigenvalue weighted by molar-refractivity contribution is 7.92. The number of ether oxygens (including phenoxy) is 1. The Hall–Kier alpha value is -3.63. The highest BCUT2D eigenvalue weighted by Gasteiger charge is 2.28. The summed E-state index contributed by atoms with van der Waals surface area (Å²) in [6.07, 6.45) is 0. The normalized spacial score (nSPS) is 11.9. The minimum Gasteiger partial charge on any atom is -0.465 e. The Morgan fingerprint density at radius 3 is 2.00 bits per heavy atom. The first-order valence-electron chi connectivity index (χ1n) is 9.78. The number of sulfonamides is 1. The zero-order valence-electron chi connectivity index (χ0n) is 17.7. The lowest BCUT2D eigenvalue weighted by molar-refractivity contribution is 0.0602. The van der Waals surface area contributed by atoms with Gasteiger partial charge in [0.15, 0.2) is 0 Å². The van der Waals surface area contributed by atoms with Crippen molar-refractivity contribution in [2.75, 3.05) is 11.8 Å². The van der Waals surface area contributed by atoms with Crippen molar-refractivity contribution >= 4 is 42.6 Å². The molecule has 8 nitrogen and oxygen atoms in total. The van der Waals surface area contributed by atoms with Crippen molar-refractivity contribution in [1.29, 1.82) is 0 Å². The number of rotatable bonds is 6. The molecular formula is C23H20N2O6S2. The van der Waals surface area contributed by atoms with E-state index in [1.165, 1.54) is 56.5 Å². The molecule has 3 aromatic carbocycles. The molecule has 33 heavy (non-hydrogen) atoms. The van der Waals surface area contributed by atoms with E-state index in [-0.39, 0.29) is 37.6 Å². The molecule has 0 bridgehead atoms. The summed E-state index contributed by atoms with van der Waals surface area (Å²) in [6.45, 7) is 1.50. The van der Waals surface area contributed by atoms with Crippen molar-refractivity contribution in [3.8, 4) is 0 Å². The first-order chi connectivity index (χ1) is 15.7. The van der Waals surface area contributed by atoms with Crippen LogP contribution in [0.25, 0.3) is 10.9 Å². The Morgan fingerprint density at radius 2 is 1.42 bits per heavy atom. The Bertz CT molecular complexity index is 1560. The lowest BCUT2D eigenvalue weighted by atomic mass is 10.1. The van der Waals surface area contributed by atoms with Crippen molar-refractivity contribution in [2.24, 2.45) is 0 Å². The van der Waals surface area contributed by atoms with Crippen LogP contribution < -0.4 is 4.72 Å². The molecular weight excluding hydrogens is 464 g/mol. The molecule has 0 fully saturated rings. The van der Waals surface area contributed by atoms with Crippen LogP contribution in [0.1, 0.15) is 16.1 Å². The number of carbonyl (C=O) groups excluding carboxylic acids is 1. The maximum atomic E-state index is 13.4. The van der Waals surface area contributed by atoms with Gasteiger partial charge in [-0.3, -0.25) is 4.72 Å². The molecule has 0 saturated carbocycles.